The third kappa shape index (κ3) is 3.68. The number of carboxylic acids is 1. The van der Waals surface area contributed by atoms with E-state index in [1.807, 2.05) is 0 Å². The lowest BCUT2D eigenvalue weighted by molar-refractivity contribution is -0.138. The van der Waals surface area contributed by atoms with Gasteiger partial charge in [-0.3, -0.25) is 4.79 Å². The molecule has 1 aliphatic rings. The molecule has 7 heteroatoms. The smallest absolute Gasteiger partial charge is 0.326 e. The highest BCUT2D eigenvalue weighted by molar-refractivity contribution is 7.13. The van der Waals surface area contributed by atoms with E-state index in [1.165, 1.54) is 11.3 Å². The van der Waals surface area contributed by atoms with Gasteiger partial charge in [-0.2, -0.15) is 0 Å². The molecule has 0 amide bonds. The molecule has 0 aliphatic carbocycles. The molecule has 2 rings (SSSR count). The Morgan fingerprint density at radius 1 is 1.65 bits per heavy atom. The Bertz CT molecular complexity index is 469. The molecule has 6 nitrogen and oxygen atoms in total. The number of anilines is 1. The summed E-state index contributed by atoms with van der Waals surface area (Å²) in [5, 5.41) is 14.6. The van der Waals surface area contributed by atoms with Crippen LogP contribution < -0.4 is 11.1 Å². The summed E-state index contributed by atoms with van der Waals surface area (Å²) >= 11 is 1.41. The van der Waals surface area contributed by atoms with E-state index in [4.69, 9.17) is 10.8 Å². The Labute approximate surface area is 123 Å². The van der Waals surface area contributed by atoms with E-state index >= 15 is 0 Å². The molecule has 2 heterocycles. The van der Waals surface area contributed by atoms with Crippen LogP contribution in [0.2, 0.25) is 0 Å². The van der Waals surface area contributed by atoms with E-state index in [1.54, 1.807) is 5.38 Å². The van der Waals surface area contributed by atoms with Crippen LogP contribution in [-0.2, 0) is 4.79 Å². The fourth-order valence-electron chi connectivity index (χ4n) is 2.26. The van der Waals surface area contributed by atoms with Gasteiger partial charge in [-0.25, -0.2) is 4.98 Å². The minimum Gasteiger partial charge on any atom is -0.480 e. The summed E-state index contributed by atoms with van der Waals surface area (Å²) < 4.78 is 0. The van der Waals surface area contributed by atoms with Crippen molar-refractivity contribution >= 4 is 22.4 Å². The lowest BCUT2D eigenvalue weighted by Gasteiger charge is -2.37. The fraction of sp³-hybridized carbons (Fsp3) is 0.692. The molecule has 1 atom stereocenters. The first-order chi connectivity index (χ1) is 9.39. The Hall–Kier alpha value is -1.18. The Morgan fingerprint density at radius 2 is 2.30 bits per heavy atom. The third-order valence-corrected chi connectivity index (χ3v) is 4.79. The van der Waals surface area contributed by atoms with Crippen molar-refractivity contribution < 1.29 is 9.90 Å². The van der Waals surface area contributed by atoms with E-state index < -0.39 is 12.0 Å². The van der Waals surface area contributed by atoms with Gasteiger partial charge in [0.15, 0.2) is 5.13 Å². The summed E-state index contributed by atoms with van der Waals surface area (Å²) in [6, 6.07) is -1.04. The molecule has 4 N–H and O–H groups in total. The predicted molar refractivity (Wildman–Crippen MR) is 80.0 cm³/mol. The first-order valence-electron chi connectivity index (χ1n) is 6.76. The molecule has 0 spiro atoms. The number of aliphatic carboxylic acids is 1. The highest BCUT2D eigenvalue weighted by atomic mass is 32.1. The van der Waals surface area contributed by atoms with Crippen LogP contribution in [0.4, 0.5) is 5.13 Å². The maximum Gasteiger partial charge on any atom is 0.326 e. The van der Waals surface area contributed by atoms with E-state index in [2.05, 4.69) is 29.2 Å². The van der Waals surface area contributed by atoms with Crippen LogP contribution >= 0.6 is 11.3 Å². The zero-order valence-electron chi connectivity index (χ0n) is 11.9. The monoisotopic (exact) mass is 298 g/mol. The number of nitrogens with one attached hydrogen (secondary N) is 1. The van der Waals surface area contributed by atoms with Crippen molar-refractivity contribution in [3.63, 3.8) is 0 Å². The molecule has 0 radical (unpaired) electrons. The van der Waals surface area contributed by atoms with Crippen LogP contribution in [0.3, 0.4) is 0 Å². The quantitative estimate of drug-likeness (QED) is 0.760. The molecular formula is C13H22N4O2S. The number of hydrogen-bond acceptors (Lipinski definition) is 6. The van der Waals surface area contributed by atoms with E-state index in [9.17, 15) is 4.79 Å². The van der Waals surface area contributed by atoms with E-state index in [0.29, 0.717) is 5.69 Å². The molecule has 1 aliphatic heterocycles. The van der Waals surface area contributed by atoms with Gasteiger partial charge in [0.2, 0.25) is 0 Å². The summed E-state index contributed by atoms with van der Waals surface area (Å²) in [5.41, 5.74) is 6.23. The highest BCUT2D eigenvalue weighted by Crippen LogP contribution is 2.31. The lowest BCUT2D eigenvalue weighted by Crippen LogP contribution is -2.40. The van der Waals surface area contributed by atoms with Crippen molar-refractivity contribution in [1.29, 1.82) is 0 Å². The third-order valence-electron chi connectivity index (χ3n) is 3.97. The summed E-state index contributed by atoms with van der Waals surface area (Å²) in [6.07, 6.45) is 2.31. The molecule has 20 heavy (non-hydrogen) atoms. The topological polar surface area (TPSA) is 91.5 Å². The number of carboxylic acid groups (broad SMARTS) is 1. The molecule has 1 saturated heterocycles. The number of rotatable bonds is 5. The second-order valence-corrected chi connectivity index (χ2v) is 6.72. The van der Waals surface area contributed by atoms with Crippen molar-refractivity contribution in [2.45, 2.75) is 25.8 Å². The maximum absolute atomic E-state index is 10.8. The van der Waals surface area contributed by atoms with Gasteiger partial charge in [-0.1, -0.05) is 6.92 Å². The summed E-state index contributed by atoms with van der Waals surface area (Å²) in [7, 11) is 2.15. The summed E-state index contributed by atoms with van der Waals surface area (Å²) in [4.78, 5) is 17.4. The number of nitrogens with two attached hydrogens (primary N) is 1. The van der Waals surface area contributed by atoms with Crippen LogP contribution in [0.1, 0.15) is 31.5 Å². The normalized spacial score (nSPS) is 20.6. The Morgan fingerprint density at radius 3 is 2.90 bits per heavy atom. The van der Waals surface area contributed by atoms with Crippen molar-refractivity contribution in [3.8, 4) is 0 Å². The molecule has 112 valence electrons. The molecule has 1 aromatic rings. The molecule has 0 saturated carbocycles. The Kier molecular flexibility index (Phi) is 4.62. The molecular weight excluding hydrogens is 276 g/mol. The molecule has 1 aromatic heterocycles. The van der Waals surface area contributed by atoms with Gasteiger partial charge in [0, 0.05) is 11.9 Å². The van der Waals surface area contributed by atoms with Crippen molar-refractivity contribution in [1.82, 2.24) is 9.88 Å². The fourth-order valence-corrected chi connectivity index (χ4v) is 3.01. The second kappa shape index (κ2) is 6.07. The molecule has 1 fully saturated rings. The number of hydrogen-bond donors (Lipinski definition) is 3. The highest BCUT2D eigenvalue weighted by Gasteiger charge is 2.29. The van der Waals surface area contributed by atoms with E-state index in [0.717, 1.165) is 37.6 Å². The maximum atomic E-state index is 10.8. The van der Waals surface area contributed by atoms with Gasteiger partial charge in [-0.15, -0.1) is 11.3 Å². The zero-order valence-corrected chi connectivity index (χ0v) is 12.7. The van der Waals surface area contributed by atoms with Crippen molar-refractivity contribution in [2.75, 3.05) is 32.0 Å². The number of likely N-dealkylation sites (tertiary alicyclic amines) is 1. The van der Waals surface area contributed by atoms with Crippen LogP contribution in [0, 0.1) is 5.41 Å². The van der Waals surface area contributed by atoms with Gasteiger partial charge in [0.1, 0.15) is 6.04 Å². The first kappa shape index (κ1) is 15.2. The minimum atomic E-state index is -1.05. The standard InChI is InChI=1S/C13H22N4O2S/c1-13(3-5-17(2)6-4-13)8-15-12-16-9(7-20-12)10(14)11(18)19/h7,10H,3-6,8,14H2,1-2H3,(H,15,16)(H,18,19). The van der Waals surface area contributed by atoms with Crippen molar-refractivity contribution in [3.05, 3.63) is 11.1 Å². The minimum absolute atomic E-state index is 0.271. The van der Waals surface area contributed by atoms with Gasteiger partial charge in [0.05, 0.1) is 5.69 Å². The van der Waals surface area contributed by atoms with Gasteiger partial charge < -0.3 is 21.1 Å². The van der Waals surface area contributed by atoms with E-state index in [-0.39, 0.29) is 5.41 Å². The van der Waals surface area contributed by atoms with Crippen LogP contribution in [0.25, 0.3) is 0 Å². The van der Waals surface area contributed by atoms with Gasteiger partial charge in [-0.05, 0) is 38.4 Å². The average Bonchev–Trinajstić information content (AvgIpc) is 2.88. The lowest BCUT2D eigenvalue weighted by atomic mass is 9.80. The zero-order chi connectivity index (χ0) is 14.8. The average molecular weight is 298 g/mol. The van der Waals surface area contributed by atoms with Crippen LogP contribution in [-0.4, -0.2) is 47.6 Å². The largest absolute Gasteiger partial charge is 0.480 e. The number of aromatic nitrogens is 1. The van der Waals surface area contributed by atoms with Crippen LogP contribution in [0.5, 0.6) is 0 Å². The Balaban J connectivity index is 1.90. The SMILES string of the molecule is CN1CCC(C)(CNc2nc(C(N)C(=O)O)cs2)CC1. The van der Waals surface area contributed by atoms with Crippen molar-refractivity contribution in [2.24, 2.45) is 11.1 Å². The number of piperidine rings is 1. The number of carbonyl (C=O) groups is 1. The predicted octanol–water partition coefficient (Wildman–Crippen LogP) is 1.37. The molecule has 0 bridgehead atoms. The number of thiazole rings is 1. The van der Waals surface area contributed by atoms with Gasteiger partial charge >= 0.3 is 5.97 Å². The van der Waals surface area contributed by atoms with Crippen LogP contribution in [0.15, 0.2) is 5.38 Å². The summed E-state index contributed by atoms with van der Waals surface area (Å²) in [6.45, 7) is 5.37. The summed E-state index contributed by atoms with van der Waals surface area (Å²) in [5.74, 6) is -1.05. The van der Waals surface area contributed by atoms with Gasteiger partial charge in [0.25, 0.3) is 0 Å². The molecule has 1 unspecified atom stereocenters. The second-order valence-electron chi connectivity index (χ2n) is 5.86. The first-order valence-corrected chi connectivity index (χ1v) is 7.64. The molecule has 0 aromatic carbocycles. The number of nitrogens with zero attached hydrogens (tertiary/aromatic N) is 2.